The molecule has 0 spiro atoms. The normalized spacial score (nSPS) is 17.1. The molecule has 0 saturated carbocycles. The lowest BCUT2D eigenvalue weighted by atomic mass is 9.99. The second-order valence-corrected chi connectivity index (χ2v) is 14.0. The van der Waals surface area contributed by atoms with E-state index in [2.05, 4.69) is 38.7 Å². The molecule has 10 nitrogen and oxygen atoms in total. The molecule has 1 aliphatic heterocycles. The van der Waals surface area contributed by atoms with Gasteiger partial charge in [0, 0.05) is 59.7 Å². The van der Waals surface area contributed by atoms with E-state index in [4.69, 9.17) is 32.9 Å². The van der Waals surface area contributed by atoms with Crippen LogP contribution in [0.15, 0.2) is 59.5 Å². The van der Waals surface area contributed by atoms with Gasteiger partial charge in [-0.25, -0.2) is 23.4 Å². The van der Waals surface area contributed by atoms with Crippen molar-refractivity contribution in [3.8, 4) is 28.3 Å². The Balaban J connectivity index is 1.19. The number of ether oxygens (including phenoxy) is 1. The Bertz CT molecular complexity index is 2250. The number of nitrogens with zero attached hydrogens (tertiary/aromatic N) is 5. The van der Waals surface area contributed by atoms with Gasteiger partial charge in [-0.2, -0.15) is 5.10 Å². The van der Waals surface area contributed by atoms with Gasteiger partial charge in [-0.05, 0) is 62.9 Å². The van der Waals surface area contributed by atoms with Crippen molar-refractivity contribution in [2.75, 3.05) is 26.0 Å². The van der Waals surface area contributed by atoms with E-state index in [0.717, 1.165) is 60.5 Å². The molecule has 270 valence electrons. The molecule has 2 aromatic carbocycles. The molecule has 2 atom stereocenters. The first kappa shape index (κ1) is 35.7. The molecule has 4 heterocycles. The third kappa shape index (κ3) is 6.82. The fraction of sp³-hybridized carbons (Fsp3) is 0.342. The zero-order valence-electron chi connectivity index (χ0n) is 28.9. The van der Waals surface area contributed by atoms with Crippen LogP contribution in [0.2, 0.25) is 10.0 Å². The van der Waals surface area contributed by atoms with Crippen molar-refractivity contribution in [3.63, 3.8) is 0 Å². The van der Waals surface area contributed by atoms with Gasteiger partial charge >= 0.3 is 0 Å². The number of aromatic nitrogens is 4. The van der Waals surface area contributed by atoms with E-state index in [1.807, 2.05) is 18.2 Å². The van der Waals surface area contributed by atoms with E-state index >= 15 is 0 Å². The standard InChI is InChI=1S/C38H37Cl2F2N7O3/c1-48(16-15-22-7-4-12-30(50)44-22)29-14-13-20-17-27(47-37(52-3)31(20)29)25-10-5-8-23(33(25)39)24-9-6-11-26(34(24)40)45-36-32-21(18-28(46-36)35(41)42)19-43-49(2)38(32)51/h5-6,8-11,17-19,22,29,35H,4,7,12-16H2,1-3H3,(H,44,50)(H,45,46). The summed E-state index contributed by atoms with van der Waals surface area (Å²) in [5, 5.41) is 11.1. The highest BCUT2D eigenvalue weighted by molar-refractivity contribution is 6.39. The molecule has 3 aromatic heterocycles. The van der Waals surface area contributed by atoms with E-state index < -0.39 is 17.7 Å². The largest absolute Gasteiger partial charge is 0.481 e. The Morgan fingerprint density at radius 3 is 2.54 bits per heavy atom. The predicted octanol–water partition coefficient (Wildman–Crippen LogP) is 8.03. The van der Waals surface area contributed by atoms with Gasteiger partial charge in [0.2, 0.25) is 11.8 Å². The van der Waals surface area contributed by atoms with E-state index in [-0.39, 0.29) is 39.6 Å². The molecule has 5 aromatic rings. The lowest BCUT2D eigenvalue weighted by molar-refractivity contribution is -0.123. The lowest BCUT2D eigenvalue weighted by Gasteiger charge is -2.29. The minimum Gasteiger partial charge on any atom is -0.481 e. The number of rotatable bonds is 10. The molecule has 7 rings (SSSR count). The Morgan fingerprint density at radius 2 is 1.79 bits per heavy atom. The Hall–Kier alpha value is -4.65. The lowest BCUT2D eigenvalue weighted by Crippen LogP contribution is -2.40. The summed E-state index contributed by atoms with van der Waals surface area (Å²) in [4.78, 5) is 36.3. The van der Waals surface area contributed by atoms with Gasteiger partial charge in [0.25, 0.3) is 12.0 Å². The van der Waals surface area contributed by atoms with Crippen LogP contribution in [0.3, 0.4) is 0 Å². The summed E-state index contributed by atoms with van der Waals surface area (Å²) < 4.78 is 34.6. The molecule has 14 heteroatoms. The molecule has 1 aliphatic carbocycles. The minimum absolute atomic E-state index is 0.0613. The first-order valence-corrected chi connectivity index (χ1v) is 17.9. The molecular formula is C38H37Cl2F2N7O3. The van der Waals surface area contributed by atoms with Crippen LogP contribution in [-0.2, 0) is 18.3 Å². The maximum Gasteiger partial charge on any atom is 0.280 e. The van der Waals surface area contributed by atoms with Crippen LogP contribution in [0.1, 0.15) is 61.4 Å². The van der Waals surface area contributed by atoms with Crippen molar-refractivity contribution in [1.29, 1.82) is 0 Å². The van der Waals surface area contributed by atoms with Crippen LogP contribution >= 0.6 is 23.2 Å². The number of hydrogen-bond acceptors (Lipinski definition) is 8. The van der Waals surface area contributed by atoms with Crippen molar-refractivity contribution in [2.24, 2.45) is 7.05 Å². The zero-order chi connectivity index (χ0) is 36.7. The number of pyridine rings is 2. The van der Waals surface area contributed by atoms with Crippen LogP contribution in [-0.4, -0.2) is 57.3 Å². The molecule has 1 amide bonds. The molecular weight excluding hydrogens is 711 g/mol. The molecule has 1 saturated heterocycles. The van der Waals surface area contributed by atoms with Crippen LogP contribution in [0.5, 0.6) is 5.88 Å². The summed E-state index contributed by atoms with van der Waals surface area (Å²) in [6.45, 7) is 0.834. The summed E-state index contributed by atoms with van der Waals surface area (Å²) in [6.07, 6.45) is 3.67. The zero-order valence-corrected chi connectivity index (χ0v) is 30.4. The van der Waals surface area contributed by atoms with Crippen LogP contribution in [0, 0.1) is 0 Å². The summed E-state index contributed by atoms with van der Waals surface area (Å²) in [6, 6.07) is 14.4. The predicted molar refractivity (Wildman–Crippen MR) is 199 cm³/mol. The maximum absolute atomic E-state index is 13.8. The number of hydrogen-bond donors (Lipinski definition) is 2. The molecule has 0 radical (unpaired) electrons. The van der Waals surface area contributed by atoms with Gasteiger partial charge in [0.15, 0.2) is 0 Å². The minimum atomic E-state index is -2.87. The maximum atomic E-state index is 13.8. The SMILES string of the molecule is COc1nc(-c2cccc(-c3cccc(Nc4nc(C(F)F)cc5cnn(C)c(=O)c45)c3Cl)c2Cl)cc2c1C(N(C)CCC1CCCC(=O)N1)CC2. The number of benzene rings is 2. The number of halogens is 4. The van der Waals surface area contributed by atoms with Crippen molar-refractivity contribution in [2.45, 2.75) is 57.0 Å². The van der Waals surface area contributed by atoms with Gasteiger partial charge in [0.1, 0.15) is 11.5 Å². The highest BCUT2D eigenvalue weighted by atomic mass is 35.5. The molecule has 0 bridgehead atoms. The topological polar surface area (TPSA) is 114 Å². The fourth-order valence-electron chi connectivity index (χ4n) is 7.31. The van der Waals surface area contributed by atoms with E-state index in [0.29, 0.717) is 45.4 Å². The monoisotopic (exact) mass is 747 g/mol. The summed E-state index contributed by atoms with van der Waals surface area (Å²) in [5.41, 5.74) is 4.10. The number of methoxy groups -OCH3 is 1. The highest BCUT2D eigenvalue weighted by Gasteiger charge is 2.32. The van der Waals surface area contributed by atoms with Gasteiger partial charge in [-0.15, -0.1) is 0 Å². The van der Waals surface area contributed by atoms with E-state index in [1.54, 1.807) is 25.3 Å². The number of fused-ring (bicyclic) bond motifs is 2. The van der Waals surface area contributed by atoms with E-state index in [1.165, 1.54) is 13.2 Å². The van der Waals surface area contributed by atoms with Crippen LogP contribution in [0.4, 0.5) is 20.3 Å². The Kier molecular flexibility index (Phi) is 10.1. The average molecular weight is 749 g/mol. The number of aryl methyl sites for hydroxylation is 2. The number of nitrogens with one attached hydrogen (secondary N) is 2. The number of carbonyl (C=O) groups excluding carboxylic acids is 1. The fourth-order valence-corrected chi connectivity index (χ4v) is 7.91. The summed E-state index contributed by atoms with van der Waals surface area (Å²) in [5.74, 6) is 0.618. The van der Waals surface area contributed by atoms with Gasteiger partial charge in [-0.1, -0.05) is 53.5 Å². The van der Waals surface area contributed by atoms with Crippen LogP contribution < -0.4 is 20.9 Å². The second-order valence-electron chi connectivity index (χ2n) is 13.3. The summed E-state index contributed by atoms with van der Waals surface area (Å²) >= 11 is 14.1. The number of carbonyl (C=O) groups is 1. The molecule has 2 N–H and O–H groups in total. The Labute approximate surface area is 309 Å². The van der Waals surface area contributed by atoms with Crippen molar-refractivity contribution >= 4 is 51.4 Å². The highest BCUT2D eigenvalue weighted by Crippen LogP contribution is 2.45. The molecule has 1 fully saturated rings. The first-order valence-electron chi connectivity index (χ1n) is 17.1. The van der Waals surface area contributed by atoms with Gasteiger partial charge in [0.05, 0.1) is 40.1 Å². The van der Waals surface area contributed by atoms with Gasteiger partial charge < -0.3 is 15.4 Å². The molecule has 52 heavy (non-hydrogen) atoms. The third-order valence-electron chi connectivity index (χ3n) is 9.99. The van der Waals surface area contributed by atoms with Crippen molar-refractivity contribution in [3.05, 3.63) is 91.9 Å². The summed E-state index contributed by atoms with van der Waals surface area (Å²) in [7, 11) is 5.20. The van der Waals surface area contributed by atoms with Gasteiger partial charge in [-0.3, -0.25) is 14.5 Å². The molecule has 2 aliphatic rings. The smallest absolute Gasteiger partial charge is 0.280 e. The Morgan fingerprint density at radius 1 is 1.04 bits per heavy atom. The van der Waals surface area contributed by atoms with Crippen molar-refractivity contribution < 1.29 is 18.3 Å². The number of anilines is 2. The quantitative estimate of drug-likeness (QED) is 0.148. The number of alkyl halides is 2. The number of piperidine rings is 1. The molecule has 2 unspecified atom stereocenters. The van der Waals surface area contributed by atoms with E-state index in [9.17, 15) is 18.4 Å². The first-order chi connectivity index (χ1) is 25.0. The number of amides is 1. The van der Waals surface area contributed by atoms with Crippen molar-refractivity contribution in [1.82, 2.24) is 30.0 Å². The third-order valence-corrected chi connectivity index (χ3v) is 10.8. The van der Waals surface area contributed by atoms with Crippen LogP contribution in [0.25, 0.3) is 33.2 Å². The second kappa shape index (κ2) is 14.8. The average Bonchev–Trinajstić information content (AvgIpc) is 3.57.